The van der Waals surface area contributed by atoms with Gasteiger partial charge in [-0.2, -0.15) is 0 Å². The van der Waals surface area contributed by atoms with Crippen LogP contribution in [0.5, 0.6) is 0 Å². The van der Waals surface area contributed by atoms with E-state index in [4.69, 9.17) is 10.00 Å². The molecule has 0 amide bonds. The molecule has 0 aliphatic heterocycles. The Labute approximate surface area is 147 Å². The largest absolute Gasteiger partial charge is 1.00 e. The Balaban J connectivity index is -0.000000167. The maximum Gasteiger partial charge on any atom is 1.00 e. The molecule has 7 nitrogen and oxygen atoms in total. The quantitative estimate of drug-likeness (QED) is 0.383. The SMILES string of the molecule is O=P([O-])([O-])C(CO)P(=O)([O-])O.[Na+].[Na+].[Na+]. The fourth-order valence-corrected chi connectivity index (χ4v) is 2.22. The summed E-state index contributed by atoms with van der Waals surface area (Å²) < 4.78 is 20.0. The molecule has 0 bridgehead atoms. The summed E-state index contributed by atoms with van der Waals surface area (Å²) >= 11 is 0. The van der Waals surface area contributed by atoms with Crippen molar-refractivity contribution in [1.29, 1.82) is 0 Å². The topological polar surface area (TPSA) is 144 Å². The minimum atomic E-state index is -5.47. The molecule has 2 N–H and O–H groups in total. The standard InChI is InChI=1S/C2H8O7P2.3Na/c3-1-2(10(4,5)6)11(7,8)9;;;/h2-3H,1H2,(H2,4,5,6)(H2,7,8,9);;;/q;3*+1/p-3. The number of rotatable bonds is 3. The molecule has 0 spiro atoms. The first-order valence-corrected chi connectivity index (χ1v) is 5.61. The first-order chi connectivity index (χ1) is 4.69. The fourth-order valence-electron chi connectivity index (χ4n) is 0.382. The van der Waals surface area contributed by atoms with E-state index in [1.165, 1.54) is 0 Å². The monoisotopic (exact) mass is 272 g/mol. The maximum absolute atomic E-state index is 10.1. The van der Waals surface area contributed by atoms with E-state index in [1.807, 2.05) is 0 Å². The van der Waals surface area contributed by atoms with E-state index in [2.05, 4.69) is 0 Å². The second-order valence-corrected chi connectivity index (χ2v) is 5.63. The van der Waals surface area contributed by atoms with Gasteiger partial charge < -0.3 is 33.8 Å². The Morgan fingerprint density at radius 1 is 1.07 bits per heavy atom. The Bertz CT molecular complexity index is 199. The molecule has 0 saturated heterocycles. The molecule has 68 valence electrons. The van der Waals surface area contributed by atoms with Crippen molar-refractivity contribution in [3.8, 4) is 0 Å². The molecule has 0 heterocycles. The van der Waals surface area contributed by atoms with Crippen molar-refractivity contribution in [3.05, 3.63) is 0 Å². The van der Waals surface area contributed by atoms with Gasteiger partial charge in [0.2, 0.25) is 0 Å². The summed E-state index contributed by atoms with van der Waals surface area (Å²) in [4.78, 5) is 38.1. The van der Waals surface area contributed by atoms with E-state index in [0.717, 1.165) is 0 Å². The predicted octanol–water partition coefficient (Wildman–Crippen LogP) is -12.2. The zero-order valence-electron chi connectivity index (χ0n) is 8.11. The summed E-state index contributed by atoms with van der Waals surface area (Å²) in [6, 6.07) is 0. The summed E-state index contributed by atoms with van der Waals surface area (Å²) in [6.07, 6.45) is 0. The van der Waals surface area contributed by atoms with Crippen LogP contribution in [0.25, 0.3) is 0 Å². The Morgan fingerprint density at radius 3 is 1.36 bits per heavy atom. The van der Waals surface area contributed by atoms with Crippen molar-refractivity contribution in [3.63, 3.8) is 0 Å². The van der Waals surface area contributed by atoms with Gasteiger partial charge in [0.1, 0.15) is 7.60 Å². The third kappa shape index (κ3) is 10.4. The number of aliphatic hydroxyl groups is 1. The third-order valence-corrected chi connectivity index (χ3v) is 4.44. The van der Waals surface area contributed by atoms with Crippen molar-refractivity contribution >= 4 is 15.2 Å². The van der Waals surface area contributed by atoms with Crippen molar-refractivity contribution in [2.45, 2.75) is 5.40 Å². The van der Waals surface area contributed by atoms with Gasteiger partial charge in [0.05, 0.1) is 12.0 Å². The van der Waals surface area contributed by atoms with Crippen molar-refractivity contribution in [1.82, 2.24) is 0 Å². The molecule has 14 heavy (non-hydrogen) atoms. The molecular formula is C2H5Na3O7P2. The number of hydrogen-bond acceptors (Lipinski definition) is 6. The molecule has 0 aromatic carbocycles. The molecule has 0 aromatic heterocycles. The van der Waals surface area contributed by atoms with Gasteiger partial charge in [0.25, 0.3) is 0 Å². The minimum absolute atomic E-state index is 0. The van der Waals surface area contributed by atoms with E-state index in [9.17, 15) is 23.8 Å². The van der Waals surface area contributed by atoms with Crippen LogP contribution in [0, 0.1) is 0 Å². The molecule has 2 atom stereocenters. The average Bonchev–Trinajstić information content (AvgIpc) is 1.56. The molecule has 0 aliphatic carbocycles. The zero-order valence-corrected chi connectivity index (χ0v) is 15.9. The molecule has 0 aliphatic rings. The third-order valence-electron chi connectivity index (χ3n) is 0.905. The second-order valence-electron chi connectivity index (χ2n) is 1.77. The fraction of sp³-hybridized carbons (Fsp3) is 1.00. The van der Waals surface area contributed by atoms with E-state index in [-0.39, 0.29) is 88.7 Å². The molecular weight excluding hydrogens is 267 g/mol. The smallest absolute Gasteiger partial charge is 0.810 e. The average molecular weight is 272 g/mol. The molecule has 0 rings (SSSR count). The van der Waals surface area contributed by atoms with Gasteiger partial charge in [-0.15, -0.1) is 0 Å². The Hall–Kier alpha value is 3.26. The van der Waals surface area contributed by atoms with Gasteiger partial charge in [0, 0.05) is 0 Å². The predicted molar refractivity (Wildman–Crippen MR) is 28.3 cm³/mol. The Kier molecular flexibility index (Phi) is 18.9. The van der Waals surface area contributed by atoms with Gasteiger partial charge in [-0.3, -0.25) is 0 Å². The molecule has 0 fully saturated rings. The van der Waals surface area contributed by atoms with Crippen LogP contribution in [0.1, 0.15) is 0 Å². The van der Waals surface area contributed by atoms with Gasteiger partial charge in [-0.05, 0) is 0 Å². The number of aliphatic hydroxyl groups excluding tert-OH is 1. The summed E-state index contributed by atoms with van der Waals surface area (Å²) in [5, 5.41) is 5.46. The molecule has 0 radical (unpaired) electrons. The van der Waals surface area contributed by atoms with E-state index < -0.39 is 27.2 Å². The van der Waals surface area contributed by atoms with Crippen LogP contribution < -0.4 is 103 Å². The summed E-state index contributed by atoms with van der Waals surface area (Å²) in [5.41, 5.74) is 0. The Morgan fingerprint density at radius 2 is 1.36 bits per heavy atom. The molecule has 0 aromatic rings. The molecule has 2 unspecified atom stereocenters. The van der Waals surface area contributed by atoms with Crippen LogP contribution in [-0.4, -0.2) is 22.0 Å². The van der Waals surface area contributed by atoms with Crippen molar-refractivity contribution < 1.29 is 122 Å². The molecule has 12 heteroatoms. The van der Waals surface area contributed by atoms with Crippen LogP contribution in [0.4, 0.5) is 0 Å². The first kappa shape index (κ1) is 26.0. The summed E-state index contributed by atoms with van der Waals surface area (Å²) in [7, 11) is -10.8. The number of hydrogen-bond donors (Lipinski definition) is 2. The van der Waals surface area contributed by atoms with Gasteiger partial charge in [-0.1, -0.05) is 7.60 Å². The van der Waals surface area contributed by atoms with Crippen LogP contribution >= 0.6 is 15.2 Å². The first-order valence-electron chi connectivity index (χ1n) is 2.35. The van der Waals surface area contributed by atoms with Crippen LogP contribution in [0.2, 0.25) is 0 Å². The normalized spacial score (nSPS) is 16.4. The van der Waals surface area contributed by atoms with Gasteiger partial charge >= 0.3 is 88.7 Å². The van der Waals surface area contributed by atoms with Crippen molar-refractivity contribution in [2.75, 3.05) is 6.61 Å². The summed E-state index contributed by atoms with van der Waals surface area (Å²) in [6.45, 7) is -1.43. The van der Waals surface area contributed by atoms with Crippen LogP contribution in [-0.2, 0) is 9.13 Å². The van der Waals surface area contributed by atoms with Gasteiger partial charge in [0.15, 0.2) is 0 Å². The maximum atomic E-state index is 10.1. The second kappa shape index (κ2) is 10.2. The van der Waals surface area contributed by atoms with Crippen LogP contribution in [0.3, 0.4) is 0 Å². The van der Waals surface area contributed by atoms with E-state index in [0.29, 0.717) is 0 Å². The van der Waals surface area contributed by atoms with Gasteiger partial charge in [-0.25, -0.2) is 0 Å². The summed E-state index contributed by atoms with van der Waals surface area (Å²) in [5.74, 6) is 0. The zero-order chi connectivity index (χ0) is 9.28. The van der Waals surface area contributed by atoms with E-state index in [1.54, 1.807) is 0 Å². The molecule has 0 saturated carbocycles. The van der Waals surface area contributed by atoms with Crippen molar-refractivity contribution in [2.24, 2.45) is 0 Å². The van der Waals surface area contributed by atoms with Crippen LogP contribution in [0.15, 0.2) is 0 Å². The minimum Gasteiger partial charge on any atom is -0.810 e. The van der Waals surface area contributed by atoms with E-state index >= 15 is 0 Å².